The maximum Gasteiger partial charge on any atom is 0.241 e. The molecule has 0 radical (unpaired) electrons. The highest BCUT2D eigenvalue weighted by Gasteiger charge is 2.21. The Morgan fingerprint density at radius 3 is 2.00 bits per heavy atom. The molecule has 0 aromatic heterocycles. The van der Waals surface area contributed by atoms with Crippen LogP contribution in [0.4, 0.5) is 0 Å². The first kappa shape index (κ1) is 13.7. The molecule has 0 spiro atoms. The number of aromatic carboxylic acids is 1. The van der Waals surface area contributed by atoms with E-state index in [1.54, 1.807) is 20.8 Å². The predicted molar refractivity (Wildman–Crippen MR) is 60.8 cm³/mol. The van der Waals surface area contributed by atoms with Crippen molar-refractivity contribution in [3.05, 3.63) is 29.8 Å². The molecule has 1 aromatic rings. The van der Waals surface area contributed by atoms with Gasteiger partial charge in [-0.25, -0.2) is 13.1 Å². The maximum atomic E-state index is 11.9. The summed E-state index contributed by atoms with van der Waals surface area (Å²) in [5.74, 6) is -1.34. The Morgan fingerprint density at radius 2 is 1.65 bits per heavy atom. The Labute approximate surface area is 101 Å². The van der Waals surface area contributed by atoms with Gasteiger partial charge in [0.05, 0.1) is 10.9 Å². The second-order valence-electron chi connectivity index (χ2n) is 4.67. The molecule has 0 aliphatic rings. The summed E-state index contributed by atoms with van der Waals surface area (Å²) in [6.45, 7) is 5.17. The summed E-state index contributed by atoms with van der Waals surface area (Å²) in [6, 6.07) is 4.87. The molecule has 0 saturated carbocycles. The summed E-state index contributed by atoms with van der Waals surface area (Å²) in [5, 5.41) is 10.5. The van der Waals surface area contributed by atoms with Gasteiger partial charge < -0.3 is 9.90 Å². The van der Waals surface area contributed by atoms with E-state index < -0.39 is 21.5 Å². The van der Waals surface area contributed by atoms with Crippen LogP contribution in [-0.2, 0) is 10.0 Å². The summed E-state index contributed by atoms with van der Waals surface area (Å²) >= 11 is 0. The van der Waals surface area contributed by atoms with Gasteiger partial charge in [0.15, 0.2) is 0 Å². The number of rotatable bonds is 3. The zero-order valence-electron chi connectivity index (χ0n) is 9.85. The van der Waals surface area contributed by atoms with Crippen LogP contribution in [0.25, 0.3) is 0 Å². The standard InChI is InChI=1S/C11H15NO4S/c1-11(2,3)12-17(15,16)9-6-4-8(5-7-9)10(13)14/h4-7,12H,1-3H3,(H,13,14)/p-1. The SMILES string of the molecule is CC(C)(C)NS(=O)(=O)c1ccc(C(=O)[O-])cc1. The van der Waals surface area contributed by atoms with Crippen molar-refractivity contribution in [3.63, 3.8) is 0 Å². The summed E-state index contributed by atoms with van der Waals surface area (Å²) in [5.41, 5.74) is -0.647. The lowest BCUT2D eigenvalue weighted by Crippen LogP contribution is -2.40. The zero-order chi connectivity index (χ0) is 13.3. The summed E-state index contributed by atoms with van der Waals surface area (Å²) < 4.78 is 26.2. The van der Waals surface area contributed by atoms with E-state index in [9.17, 15) is 18.3 Å². The van der Waals surface area contributed by atoms with Gasteiger partial charge in [-0.2, -0.15) is 0 Å². The first-order valence-electron chi connectivity index (χ1n) is 4.97. The van der Waals surface area contributed by atoms with Gasteiger partial charge in [0.25, 0.3) is 0 Å². The second-order valence-corrected chi connectivity index (χ2v) is 6.35. The molecule has 0 aliphatic heterocycles. The minimum atomic E-state index is -3.62. The van der Waals surface area contributed by atoms with Gasteiger partial charge in [-0.3, -0.25) is 0 Å². The van der Waals surface area contributed by atoms with E-state index >= 15 is 0 Å². The van der Waals surface area contributed by atoms with Crippen LogP contribution in [0.3, 0.4) is 0 Å². The summed E-state index contributed by atoms with van der Waals surface area (Å²) in [6.07, 6.45) is 0. The molecule has 0 aliphatic carbocycles. The van der Waals surface area contributed by atoms with Crippen LogP contribution in [0.2, 0.25) is 0 Å². The van der Waals surface area contributed by atoms with E-state index in [-0.39, 0.29) is 10.5 Å². The van der Waals surface area contributed by atoms with Crippen molar-refractivity contribution >= 4 is 16.0 Å². The lowest BCUT2D eigenvalue weighted by molar-refractivity contribution is -0.255. The average molecular weight is 256 g/mol. The topological polar surface area (TPSA) is 86.3 Å². The van der Waals surface area contributed by atoms with Crippen LogP contribution in [0.15, 0.2) is 29.2 Å². The fraction of sp³-hybridized carbons (Fsp3) is 0.364. The van der Waals surface area contributed by atoms with E-state index in [4.69, 9.17) is 0 Å². The van der Waals surface area contributed by atoms with Gasteiger partial charge in [-0.05, 0) is 38.5 Å². The molecule has 0 saturated heterocycles. The summed E-state index contributed by atoms with van der Waals surface area (Å²) in [7, 11) is -3.62. The average Bonchev–Trinajstić information content (AvgIpc) is 2.14. The second kappa shape index (κ2) is 4.46. The van der Waals surface area contributed by atoms with E-state index in [0.29, 0.717) is 0 Å². The molecule has 1 aromatic carbocycles. The Bertz CT molecular complexity index is 511. The molecule has 6 heteroatoms. The molecular formula is C11H14NO4S-. The first-order chi connectivity index (χ1) is 7.62. The van der Waals surface area contributed by atoms with Crippen molar-refractivity contribution in [3.8, 4) is 0 Å². The monoisotopic (exact) mass is 256 g/mol. The maximum absolute atomic E-state index is 11.9. The number of hydrogen-bond acceptors (Lipinski definition) is 4. The highest BCUT2D eigenvalue weighted by molar-refractivity contribution is 7.89. The molecule has 0 heterocycles. The minimum absolute atomic E-state index is 0.0254. The highest BCUT2D eigenvalue weighted by atomic mass is 32.2. The molecule has 0 atom stereocenters. The lowest BCUT2D eigenvalue weighted by Gasteiger charge is -2.20. The molecule has 94 valence electrons. The molecule has 5 nitrogen and oxygen atoms in total. The largest absolute Gasteiger partial charge is 0.545 e. The Hall–Kier alpha value is -1.40. The number of carboxylic acid groups (broad SMARTS) is 1. The smallest absolute Gasteiger partial charge is 0.241 e. The van der Waals surface area contributed by atoms with Crippen molar-refractivity contribution in [1.82, 2.24) is 4.72 Å². The van der Waals surface area contributed by atoms with Gasteiger partial charge in [-0.1, -0.05) is 12.1 Å². The Morgan fingerprint density at radius 1 is 1.18 bits per heavy atom. The van der Waals surface area contributed by atoms with Gasteiger partial charge in [0, 0.05) is 5.54 Å². The third kappa shape index (κ3) is 3.83. The first-order valence-corrected chi connectivity index (χ1v) is 6.45. The molecule has 1 N–H and O–H groups in total. The molecule has 0 fully saturated rings. The van der Waals surface area contributed by atoms with Crippen LogP contribution in [0.1, 0.15) is 31.1 Å². The zero-order valence-corrected chi connectivity index (χ0v) is 10.7. The molecule has 17 heavy (non-hydrogen) atoms. The number of sulfonamides is 1. The van der Waals surface area contributed by atoms with E-state index in [1.165, 1.54) is 24.3 Å². The number of benzene rings is 1. The van der Waals surface area contributed by atoms with Crippen LogP contribution in [0.5, 0.6) is 0 Å². The van der Waals surface area contributed by atoms with Crippen LogP contribution in [0, 0.1) is 0 Å². The fourth-order valence-corrected chi connectivity index (χ4v) is 2.65. The third-order valence-corrected chi connectivity index (χ3v) is 3.61. The number of carboxylic acids is 1. The van der Waals surface area contributed by atoms with Crippen molar-refractivity contribution < 1.29 is 18.3 Å². The van der Waals surface area contributed by atoms with Crippen LogP contribution >= 0.6 is 0 Å². The molecule has 0 bridgehead atoms. The van der Waals surface area contributed by atoms with Crippen LogP contribution in [-0.4, -0.2) is 19.9 Å². The Kier molecular flexibility index (Phi) is 3.59. The van der Waals surface area contributed by atoms with Gasteiger partial charge in [0.2, 0.25) is 10.0 Å². The van der Waals surface area contributed by atoms with Crippen LogP contribution < -0.4 is 9.83 Å². The number of carbonyl (C=O) groups is 1. The van der Waals surface area contributed by atoms with E-state index in [1.807, 2.05) is 0 Å². The van der Waals surface area contributed by atoms with Crippen molar-refractivity contribution in [2.75, 3.05) is 0 Å². The normalized spacial score (nSPS) is 12.4. The fourth-order valence-electron chi connectivity index (χ4n) is 1.23. The van der Waals surface area contributed by atoms with E-state index in [2.05, 4.69) is 4.72 Å². The van der Waals surface area contributed by atoms with Crippen molar-refractivity contribution in [2.24, 2.45) is 0 Å². The Balaban J connectivity index is 3.05. The van der Waals surface area contributed by atoms with Crippen molar-refractivity contribution in [2.45, 2.75) is 31.2 Å². The quantitative estimate of drug-likeness (QED) is 0.832. The van der Waals surface area contributed by atoms with Gasteiger partial charge >= 0.3 is 0 Å². The number of nitrogens with one attached hydrogen (secondary N) is 1. The molecule has 0 unspecified atom stereocenters. The minimum Gasteiger partial charge on any atom is -0.545 e. The highest BCUT2D eigenvalue weighted by Crippen LogP contribution is 2.13. The molecule has 1 rings (SSSR count). The number of carbonyl (C=O) groups excluding carboxylic acids is 1. The van der Waals surface area contributed by atoms with Gasteiger partial charge in [-0.15, -0.1) is 0 Å². The summed E-state index contributed by atoms with van der Waals surface area (Å²) in [4.78, 5) is 10.5. The van der Waals surface area contributed by atoms with E-state index in [0.717, 1.165) is 0 Å². The lowest BCUT2D eigenvalue weighted by atomic mass is 10.1. The molecule has 0 amide bonds. The number of hydrogen-bond donors (Lipinski definition) is 1. The molecular weight excluding hydrogens is 242 g/mol. The van der Waals surface area contributed by atoms with Crippen molar-refractivity contribution in [1.29, 1.82) is 0 Å². The predicted octanol–water partition coefficient (Wildman–Crippen LogP) is 0.127. The van der Waals surface area contributed by atoms with Gasteiger partial charge in [0.1, 0.15) is 0 Å². The third-order valence-electron chi connectivity index (χ3n) is 1.84.